The first-order valence-corrected chi connectivity index (χ1v) is 3.38. The van der Waals surface area contributed by atoms with E-state index in [-0.39, 0.29) is 6.79 Å². The van der Waals surface area contributed by atoms with Gasteiger partial charge in [-0.2, -0.15) is 0 Å². The maximum Gasteiger partial charge on any atom is 0.186 e. The van der Waals surface area contributed by atoms with Crippen molar-refractivity contribution in [1.29, 1.82) is 0 Å². The number of hydrogen-bond donors (Lipinski definition) is 2. The van der Waals surface area contributed by atoms with Crippen LogP contribution in [0.25, 0.3) is 0 Å². The number of aliphatic hydroxyl groups excluding tert-OH is 1. The summed E-state index contributed by atoms with van der Waals surface area (Å²) in [6.45, 7) is -0.279. The molecule has 0 saturated carbocycles. The van der Waals surface area contributed by atoms with Crippen LogP contribution in [0.15, 0.2) is 24.3 Å². The number of anilines is 1. The fourth-order valence-electron chi connectivity index (χ4n) is 0.792. The molecule has 0 amide bonds. The largest absolute Gasteiger partial charge is 0.468 e. The van der Waals surface area contributed by atoms with Crippen LogP contribution in [0, 0.1) is 0 Å². The van der Waals surface area contributed by atoms with E-state index in [0.717, 1.165) is 5.69 Å². The average molecular weight is 153 g/mol. The van der Waals surface area contributed by atoms with Crippen molar-refractivity contribution in [2.24, 2.45) is 0 Å². The van der Waals surface area contributed by atoms with Gasteiger partial charge in [-0.3, -0.25) is 0 Å². The van der Waals surface area contributed by atoms with E-state index in [2.05, 4.69) is 5.32 Å². The molecule has 0 radical (unpaired) electrons. The van der Waals surface area contributed by atoms with Gasteiger partial charge < -0.3 is 15.2 Å². The zero-order valence-electron chi connectivity index (χ0n) is 6.37. The van der Waals surface area contributed by atoms with Crippen LogP contribution < -0.4 is 10.1 Å². The molecule has 0 aliphatic heterocycles. The SMILES string of the molecule is CNc1ccc(OCO)cc1. The number of rotatable bonds is 3. The molecule has 0 heterocycles. The van der Waals surface area contributed by atoms with Gasteiger partial charge in [0.05, 0.1) is 0 Å². The summed E-state index contributed by atoms with van der Waals surface area (Å²) in [4.78, 5) is 0. The van der Waals surface area contributed by atoms with E-state index in [9.17, 15) is 0 Å². The fourth-order valence-corrected chi connectivity index (χ4v) is 0.792. The first-order valence-electron chi connectivity index (χ1n) is 3.38. The molecule has 0 aliphatic rings. The molecule has 0 aliphatic carbocycles. The van der Waals surface area contributed by atoms with E-state index in [0.29, 0.717) is 5.75 Å². The van der Waals surface area contributed by atoms with Crippen LogP contribution in [0.3, 0.4) is 0 Å². The third-order valence-electron chi connectivity index (χ3n) is 1.37. The predicted octanol–water partition coefficient (Wildman–Crippen LogP) is 1.06. The minimum absolute atomic E-state index is 0.279. The molecule has 11 heavy (non-hydrogen) atoms. The third-order valence-corrected chi connectivity index (χ3v) is 1.37. The Labute approximate surface area is 65.6 Å². The summed E-state index contributed by atoms with van der Waals surface area (Å²) < 4.78 is 4.83. The molecule has 1 aromatic carbocycles. The molecule has 1 aromatic rings. The highest BCUT2D eigenvalue weighted by Crippen LogP contribution is 2.14. The lowest BCUT2D eigenvalue weighted by molar-refractivity contribution is 0.0986. The molecule has 3 nitrogen and oxygen atoms in total. The van der Waals surface area contributed by atoms with Crippen molar-refractivity contribution in [2.75, 3.05) is 19.2 Å². The number of ether oxygens (including phenoxy) is 1. The Hall–Kier alpha value is -1.22. The summed E-state index contributed by atoms with van der Waals surface area (Å²) in [5, 5.41) is 11.4. The molecule has 0 unspecified atom stereocenters. The Balaban J connectivity index is 2.66. The van der Waals surface area contributed by atoms with Gasteiger partial charge in [-0.1, -0.05) is 0 Å². The highest BCUT2D eigenvalue weighted by molar-refractivity contribution is 5.45. The Morgan fingerprint density at radius 1 is 1.36 bits per heavy atom. The van der Waals surface area contributed by atoms with Crippen molar-refractivity contribution >= 4 is 5.69 Å². The number of aliphatic hydroxyl groups is 1. The van der Waals surface area contributed by atoms with Crippen molar-refractivity contribution < 1.29 is 9.84 Å². The predicted molar refractivity (Wildman–Crippen MR) is 43.7 cm³/mol. The van der Waals surface area contributed by atoms with Crippen molar-refractivity contribution in [2.45, 2.75) is 0 Å². The molecule has 2 N–H and O–H groups in total. The van der Waals surface area contributed by atoms with Gasteiger partial charge in [-0.25, -0.2) is 0 Å². The fraction of sp³-hybridized carbons (Fsp3) is 0.250. The second-order valence-electron chi connectivity index (χ2n) is 2.05. The van der Waals surface area contributed by atoms with Gasteiger partial charge in [0.25, 0.3) is 0 Å². The van der Waals surface area contributed by atoms with E-state index >= 15 is 0 Å². The normalized spacial score (nSPS) is 9.27. The average Bonchev–Trinajstić information content (AvgIpc) is 2.07. The smallest absolute Gasteiger partial charge is 0.186 e. The first-order chi connectivity index (χ1) is 5.36. The quantitative estimate of drug-likeness (QED) is 0.638. The second kappa shape index (κ2) is 3.83. The van der Waals surface area contributed by atoms with Gasteiger partial charge in [-0.05, 0) is 24.3 Å². The molecule has 0 spiro atoms. The highest BCUT2D eigenvalue weighted by Gasteiger charge is 1.90. The van der Waals surface area contributed by atoms with Crippen LogP contribution in [-0.4, -0.2) is 18.9 Å². The third kappa shape index (κ3) is 2.13. The second-order valence-corrected chi connectivity index (χ2v) is 2.05. The summed E-state index contributed by atoms with van der Waals surface area (Å²) in [6.07, 6.45) is 0. The van der Waals surface area contributed by atoms with Crippen LogP contribution in [0.5, 0.6) is 5.75 Å². The maximum atomic E-state index is 8.41. The molecule has 0 aromatic heterocycles. The van der Waals surface area contributed by atoms with Crippen molar-refractivity contribution in [3.8, 4) is 5.75 Å². The van der Waals surface area contributed by atoms with E-state index in [1.54, 1.807) is 12.1 Å². The molecule has 0 saturated heterocycles. The van der Waals surface area contributed by atoms with Crippen molar-refractivity contribution in [3.63, 3.8) is 0 Å². The number of benzene rings is 1. The Bertz CT molecular complexity index is 208. The van der Waals surface area contributed by atoms with Crippen molar-refractivity contribution in [1.82, 2.24) is 0 Å². The zero-order chi connectivity index (χ0) is 8.10. The lowest BCUT2D eigenvalue weighted by atomic mass is 10.3. The Kier molecular flexibility index (Phi) is 2.74. The van der Waals surface area contributed by atoms with Gasteiger partial charge in [0.15, 0.2) is 6.79 Å². The van der Waals surface area contributed by atoms with E-state index in [1.807, 2.05) is 19.2 Å². The summed E-state index contributed by atoms with van der Waals surface area (Å²) in [6, 6.07) is 7.35. The minimum Gasteiger partial charge on any atom is -0.468 e. The lowest BCUT2D eigenvalue weighted by Crippen LogP contribution is -1.94. The minimum atomic E-state index is -0.279. The van der Waals surface area contributed by atoms with Crippen LogP contribution >= 0.6 is 0 Å². The summed E-state index contributed by atoms with van der Waals surface area (Å²) >= 11 is 0. The van der Waals surface area contributed by atoms with Crippen LogP contribution in [0.2, 0.25) is 0 Å². The first kappa shape index (κ1) is 7.88. The van der Waals surface area contributed by atoms with Gasteiger partial charge in [-0.15, -0.1) is 0 Å². The van der Waals surface area contributed by atoms with Crippen LogP contribution in [-0.2, 0) is 0 Å². The molecule has 0 atom stereocenters. The number of nitrogens with one attached hydrogen (secondary N) is 1. The van der Waals surface area contributed by atoms with Crippen LogP contribution in [0.1, 0.15) is 0 Å². The summed E-state index contributed by atoms with van der Waals surface area (Å²) in [7, 11) is 1.85. The monoisotopic (exact) mass is 153 g/mol. The lowest BCUT2D eigenvalue weighted by Gasteiger charge is -2.02. The highest BCUT2D eigenvalue weighted by atomic mass is 16.6. The molecule has 0 fully saturated rings. The van der Waals surface area contributed by atoms with E-state index in [4.69, 9.17) is 9.84 Å². The Morgan fingerprint density at radius 3 is 2.45 bits per heavy atom. The molecule has 1 rings (SSSR count). The van der Waals surface area contributed by atoms with E-state index < -0.39 is 0 Å². The zero-order valence-corrected chi connectivity index (χ0v) is 6.37. The molecular formula is C8H11NO2. The summed E-state index contributed by atoms with van der Waals surface area (Å²) in [5.74, 6) is 0.673. The molecule has 60 valence electrons. The van der Waals surface area contributed by atoms with Gasteiger partial charge >= 0.3 is 0 Å². The van der Waals surface area contributed by atoms with Gasteiger partial charge in [0, 0.05) is 12.7 Å². The van der Waals surface area contributed by atoms with E-state index in [1.165, 1.54) is 0 Å². The standard InChI is InChI=1S/C8H11NO2/c1-9-7-2-4-8(5-3-7)11-6-10/h2-5,9-10H,6H2,1H3. The topological polar surface area (TPSA) is 41.5 Å². The maximum absolute atomic E-state index is 8.41. The van der Waals surface area contributed by atoms with Gasteiger partial charge in [0.1, 0.15) is 5.75 Å². The van der Waals surface area contributed by atoms with Crippen molar-refractivity contribution in [3.05, 3.63) is 24.3 Å². The molecular weight excluding hydrogens is 142 g/mol. The summed E-state index contributed by atoms with van der Waals surface area (Å²) in [5.41, 5.74) is 1.02. The molecule has 0 bridgehead atoms. The van der Waals surface area contributed by atoms with Crippen LogP contribution in [0.4, 0.5) is 5.69 Å². The number of hydrogen-bond acceptors (Lipinski definition) is 3. The van der Waals surface area contributed by atoms with Gasteiger partial charge in [0.2, 0.25) is 0 Å². The Morgan fingerprint density at radius 2 is 2.00 bits per heavy atom. The molecule has 3 heteroatoms.